The summed E-state index contributed by atoms with van der Waals surface area (Å²) in [5, 5.41) is 77.8. The molecule has 0 bridgehead atoms. The lowest BCUT2D eigenvalue weighted by Crippen LogP contribution is -2.49. The monoisotopic (exact) mass is 1690 g/mol. The summed E-state index contributed by atoms with van der Waals surface area (Å²) in [7, 11) is 0. The van der Waals surface area contributed by atoms with Gasteiger partial charge in [0.2, 0.25) is 62.3 Å². The Morgan fingerprint density at radius 1 is 0.358 bits per heavy atom. The molecule has 5 saturated carbocycles. The summed E-state index contributed by atoms with van der Waals surface area (Å²) in [6, 6.07) is 32.3. The summed E-state index contributed by atoms with van der Waals surface area (Å²) in [6.45, 7) is 27.9. The van der Waals surface area contributed by atoms with Gasteiger partial charge in [0.15, 0.2) is 0 Å². The molecular formula is C96H126N10O17. The van der Waals surface area contributed by atoms with Crippen molar-refractivity contribution in [2.75, 3.05) is 65.4 Å². The zero-order valence-corrected chi connectivity index (χ0v) is 73.8. The zero-order chi connectivity index (χ0) is 88.6. The molecule has 5 aromatic rings. The molecule has 5 amide bonds. The molecule has 8 aliphatic heterocycles. The van der Waals surface area contributed by atoms with Gasteiger partial charge in [0.1, 0.15) is 11.4 Å². The number of carbonyl (C=O) groups excluding carboxylic acids is 5. The highest BCUT2D eigenvalue weighted by Gasteiger charge is 2.69. The van der Waals surface area contributed by atoms with Crippen LogP contribution in [0.2, 0.25) is 0 Å². The number of likely N-dealkylation sites (tertiary alicyclic amines) is 2. The third-order valence-electron chi connectivity index (χ3n) is 32.3. The lowest BCUT2D eigenvalue weighted by molar-refractivity contribution is -0.491. The van der Waals surface area contributed by atoms with Crippen LogP contribution in [-0.4, -0.2) is 166 Å². The van der Waals surface area contributed by atoms with E-state index in [2.05, 4.69) is 164 Å². The molecule has 5 saturated heterocycles. The lowest BCUT2D eigenvalue weighted by Gasteiger charge is -2.44. The van der Waals surface area contributed by atoms with Gasteiger partial charge in [0.25, 0.3) is 0 Å². The smallest absolute Gasteiger partial charge is 0.225 e. The quantitative estimate of drug-likeness (QED) is 0.0608. The van der Waals surface area contributed by atoms with E-state index in [9.17, 15) is 84.8 Å². The molecule has 8 heterocycles. The molecule has 0 aromatic heterocycles. The van der Waals surface area contributed by atoms with Crippen molar-refractivity contribution in [1.29, 1.82) is 0 Å². The lowest BCUT2D eigenvalue weighted by atomic mass is 9.74. The number of nitrogens with zero attached hydrogens (tertiary/aromatic N) is 10. The Morgan fingerprint density at radius 3 is 1.11 bits per heavy atom. The molecule has 10 fully saturated rings. The van der Waals surface area contributed by atoms with E-state index < -0.39 is 11.4 Å². The first-order valence-corrected chi connectivity index (χ1v) is 45.2. The number of aryl methyl sites for hydroxylation is 11. The molecule has 0 radical (unpaired) electrons. The third-order valence-corrected chi connectivity index (χ3v) is 32.3. The molecule has 5 aromatic carbocycles. The number of rotatable bonds is 18. The zero-order valence-electron chi connectivity index (χ0n) is 73.8. The number of amides is 5. The predicted molar refractivity (Wildman–Crippen MR) is 462 cm³/mol. The van der Waals surface area contributed by atoms with E-state index in [-0.39, 0.29) is 205 Å². The normalized spacial score (nSPS) is 33.0. The van der Waals surface area contributed by atoms with Crippen LogP contribution in [0.3, 0.4) is 0 Å². The fourth-order valence-electron chi connectivity index (χ4n) is 26.8. The number of carbonyl (C=O) groups is 5. The number of nitro groups is 5. The maximum absolute atomic E-state index is 12.8. The summed E-state index contributed by atoms with van der Waals surface area (Å²) < 4.78 is 0. The Morgan fingerprint density at radius 2 is 0.699 bits per heavy atom. The second-order valence-electron chi connectivity index (χ2n) is 39.6. The second kappa shape index (κ2) is 35.1. The SMILES string of the molecule is Cc1cc2c(cc1C)[C@@]13C[C@H](C)[C@@H](C[N+](=O)[O-])C1CC(=O)N3CCC2.Cc1ccc(CCCN2C(=O)CC3[C@H](C[N+](=O)[O-])[C@@H](C)CC32O)cc1C.Cc1ccc2c(c1)CCCN1C(=O)CC3[C@H](C[N+](=O)[O-])[C@@H](C)C[C@]231.Cc1ccc2c(c1)CCN1C(=O)C[C@H]3[C@H](C[N+](=O)[O-])[C@@H](C)C[C@]231.Cc1cccc(CCCN2C(=O)CC3[C@H](C[N+](=O)[O-])[C@@H](C)CC32O)c1. The van der Waals surface area contributed by atoms with Crippen LogP contribution in [0.15, 0.2) is 91.0 Å². The summed E-state index contributed by atoms with van der Waals surface area (Å²) in [5.41, 5.74) is 15.7. The summed E-state index contributed by atoms with van der Waals surface area (Å²) in [5.74, 6) is 0.395. The third kappa shape index (κ3) is 16.6. The van der Waals surface area contributed by atoms with E-state index in [1.165, 1.54) is 83.5 Å². The first kappa shape index (κ1) is 89.6. The van der Waals surface area contributed by atoms with Gasteiger partial charge < -0.3 is 34.7 Å². The molecule has 6 unspecified atom stereocenters. The standard InChI is InChI=1S/C20H28N2O4.C20H26N2O3.C19H26N2O4.C19H24N2O3.C18H22N2O3/c1-13-6-7-16(9-14(13)2)5-4-8-21-19(23)10-18-17(12-22(25)26)15(3)11-20(18,21)24;1-12-7-15-5-4-6-21-19(23)9-18-16(11-22(24)25)14(3)10-20(18,21)17(15)8-13(12)2;1-13-5-3-6-15(9-13)7-4-8-20-18(22)10-17-16(12-21(24)25)14(2)11-19(17,20)23;1-12-5-6-16-14(8-12)4-3-7-20-18(22)9-17-15(11-21(23)24)13(2)10-19(16,17)20;1-11-3-4-15-13(7-11)5-6-19-17(21)8-16-14(10-20(22)23)12(2)9-18(15,16)19/h6-7,9,15,17-18,24H,4-5,8,10-12H2,1-3H3;7-8,14,16,18H,4-6,9-11H2,1-3H3;3,5-6,9,14,16-17,23H,4,7-8,10-12H2,1-2H3;5-6,8,13,15,17H,3-4,7,9-11H2,1-2H3;3-4,7,12,14,16H,5-6,8-10H2,1-2H3/t15-,17+,18?,20?;14-,16+,18?,20-;14-,16+,17?,19?;13-,15+,17?,19-;12-,14+,16-,18-/m00000/s1. The summed E-state index contributed by atoms with van der Waals surface area (Å²) in [4.78, 5) is 127. The van der Waals surface area contributed by atoms with Crippen molar-refractivity contribution in [2.45, 2.75) is 233 Å². The van der Waals surface area contributed by atoms with E-state index in [0.29, 0.717) is 45.2 Å². The minimum atomic E-state index is -1.21. The van der Waals surface area contributed by atoms with Crippen LogP contribution in [0, 0.1) is 188 Å². The number of benzene rings is 5. The topological polar surface area (TPSA) is 358 Å². The molecule has 123 heavy (non-hydrogen) atoms. The van der Waals surface area contributed by atoms with E-state index in [0.717, 1.165) is 96.7 Å². The second-order valence-corrected chi connectivity index (χ2v) is 39.6. The Labute approximate surface area is 721 Å². The molecule has 18 rings (SSSR count). The molecule has 5 aliphatic carbocycles. The average molecular weight is 1690 g/mol. The van der Waals surface area contributed by atoms with Crippen molar-refractivity contribution in [2.24, 2.45) is 88.8 Å². The minimum Gasteiger partial charge on any atom is -0.370 e. The van der Waals surface area contributed by atoms with Crippen molar-refractivity contribution in [3.8, 4) is 0 Å². The van der Waals surface area contributed by atoms with Gasteiger partial charge in [-0.2, -0.15) is 0 Å². The molecule has 20 atom stereocenters. The van der Waals surface area contributed by atoms with Gasteiger partial charge in [-0.15, -0.1) is 0 Å². The molecule has 13 aliphatic rings. The van der Waals surface area contributed by atoms with Crippen LogP contribution in [0.4, 0.5) is 0 Å². The predicted octanol–water partition coefficient (Wildman–Crippen LogP) is 13.8. The van der Waals surface area contributed by atoms with Crippen LogP contribution < -0.4 is 0 Å². The Kier molecular flexibility index (Phi) is 25.6. The molecule has 27 heteroatoms. The average Bonchev–Trinajstić information content (AvgIpc) is 1.55. The van der Waals surface area contributed by atoms with Crippen LogP contribution in [0.25, 0.3) is 0 Å². The molecular weight excluding hydrogens is 1570 g/mol. The molecule has 3 spiro atoms. The van der Waals surface area contributed by atoms with E-state index in [1.807, 2.05) is 24.8 Å². The van der Waals surface area contributed by atoms with Crippen molar-refractivity contribution in [3.63, 3.8) is 0 Å². The van der Waals surface area contributed by atoms with E-state index >= 15 is 0 Å². The highest BCUT2D eigenvalue weighted by atomic mass is 16.6. The summed E-state index contributed by atoms with van der Waals surface area (Å²) in [6.07, 6.45) is 13.4. The Hall–Kier alpha value is -9.63. The van der Waals surface area contributed by atoms with Crippen LogP contribution in [0.5, 0.6) is 0 Å². The Balaban J connectivity index is 0.000000125. The van der Waals surface area contributed by atoms with E-state index in [1.54, 1.807) is 9.80 Å². The van der Waals surface area contributed by atoms with E-state index in [4.69, 9.17) is 0 Å². The van der Waals surface area contributed by atoms with Crippen molar-refractivity contribution in [1.82, 2.24) is 24.5 Å². The van der Waals surface area contributed by atoms with Crippen LogP contribution >= 0.6 is 0 Å². The number of aliphatic hydroxyl groups is 2. The fraction of sp³-hybridized carbons (Fsp3) is 0.635. The number of fused-ring (bicyclic) bond motifs is 5. The van der Waals surface area contributed by atoms with Gasteiger partial charge >= 0.3 is 0 Å². The first-order chi connectivity index (χ1) is 58.2. The maximum atomic E-state index is 12.8. The van der Waals surface area contributed by atoms with Crippen molar-refractivity contribution >= 4 is 29.5 Å². The van der Waals surface area contributed by atoms with Crippen LogP contribution in [0.1, 0.15) is 208 Å². The number of hydrogen-bond acceptors (Lipinski definition) is 17. The van der Waals surface area contributed by atoms with Gasteiger partial charge in [-0.05, 0) is 235 Å². The molecule has 27 nitrogen and oxygen atoms in total. The minimum absolute atomic E-state index is 0.00815. The van der Waals surface area contributed by atoms with Gasteiger partial charge in [-0.1, -0.05) is 142 Å². The van der Waals surface area contributed by atoms with Crippen molar-refractivity contribution < 1.29 is 58.8 Å². The largest absolute Gasteiger partial charge is 0.370 e. The maximum Gasteiger partial charge on any atom is 0.225 e. The van der Waals surface area contributed by atoms with Gasteiger partial charge in [-0.25, -0.2) is 0 Å². The summed E-state index contributed by atoms with van der Waals surface area (Å²) >= 11 is 0. The fourth-order valence-corrected chi connectivity index (χ4v) is 26.8. The number of hydrogen-bond donors (Lipinski definition) is 2. The molecule has 2 N–H and O–H groups in total. The van der Waals surface area contributed by atoms with Gasteiger partial charge in [0, 0.05) is 149 Å². The highest BCUT2D eigenvalue weighted by Crippen LogP contribution is 2.64. The van der Waals surface area contributed by atoms with Crippen LogP contribution in [-0.2, 0) is 72.7 Å². The van der Waals surface area contributed by atoms with Gasteiger partial charge in [-0.3, -0.25) is 74.5 Å². The first-order valence-electron chi connectivity index (χ1n) is 45.2. The van der Waals surface area contributed by atoms with Crippen molar-refractivity contribution in [3.05, 3.63) is 225 Å². The molecule has 662 valence electrons. The van der Waals surface area contributed by atoms with Gasteiger partial charge in [0.05, 0.1) is 16.6 Å². The highest BCUT2D eigenvalue weighted by molar-refractivity contribution is 5.84. The Bertz CT molecular complexity index is 4980.